The van der Waals surface area contributed by atoms with Gasteiger partial charge in [0.1, 0.15) is 6.07 Å². The van der Waals surface area contributed by atoms with E-state index in [0.717, 1.165) is 15.4 Å². The van der Waals surface area contributed by atoms with Gasteiger partial charge in [0.2, 0.25) is 0 Å². The minimum absolute atomic E-state index is 0.445. The second kappa shape index (κ2) is 6.13. The van der Waals surface area contributed by atoms with Crippen LogP contribution in [0.4, 0.5) is 11.4 Å². The highest BCUT2D eigenvalue weighted by atomic mass is 79.9. The Balaban J connectivity index is 2.18. The van der Waals surface area contributed by atoms with E-state index in [1.165, 1.54) is 0 Å². The van der Waals surface area contributed by atoms with Gasteiger partial charge in [0.05, 0.1) is 27.5 Å². The summed E-state index contributed by atoms with van der Waals surface area (Å²) in [6.07, 6.45) is 1.54. The van der Waals surface area contributed by atoms with Gasteiger partial charge in [-0.25, -0.2) is 0 Å². The summed E-state index contributed by atoms with van der Waals surface area (Å²) in [7, 11) is 0. The lowest BCUT2D eigenvalue weighted by Gasteiger charge is -2.13. The first kappa shape index (κ1) is 15.1. The van der Waals surface area contributed by atoms with E-state index in [0.29, 0.717) is 27.0 Å². The first-order valence-electron chi connectivity index (χ1n) is 6.29. The van der Waals surface area contributed by atoms with Crippen LogP contribution >= 0.6 is 39.1 Å². The van der Waals surface area contributed by atoms with E-state index in [4.69, 9.17) is 23.2 Å². The SMILES string of the molecule is N#Cc1cnc2cc(Br)ccc2c1Nc1ccc(Cl)cc1Cl. The maximum atomic E-state index is 9.33. The van der Waals surface area contributed by atoms with Crippen molar-refractivity contribution in [3.05, 3.63) is 62.7 Å². The molecule has 3 aromatic rings. The van der Waals surface area contributed by atoms with Crippen LogP contribution in [-0.2, 0) is 0 Å². The van der Waals surface area contributed by atoms with E-state index in [1.807, 2.05) is 18.2 Å². The molecule has 2 aromatic carbocycles. The van der Waals surface area contributed by atoms with Gasteiger partial charge in [0.25, 0.3) is 0 Å². The molecule has 1 aromatic heterocycles. The van der Waals surface area contributed by atoms with Gasteiger partial charge in [-0.3, -0.25) is 4.98 Å². The molecule has 108 valence electrons. The van der Waals surface area contributed by atoms with Crippen molar-refractivity contribution in [1.29, 1.82) is 5.26 Å². The van der Waals surface area contributed by atoms with E-state index in [1.54, 1.807) is 24.4 Å². The number of pyridine rings is 1. The molecule has 0 unspecified atom stereocenters. The van der Waals surface area contributed by atoms with Crippen LogP contribution in [0.25, 0.3) is 10.9 Å². The Morgan fingerprint density at radius 2 is 1.95 bits per heavy atom. The molecule has 3 nitrogen and oxygen atoms in total. The molecule has 0 saturated carbocycles. The van der Waals surface area contributed by atoms with Crippen molar-refractivity contribution in [2.75, 3.05) is 5.32 Å². The quantitative estimate of drug-likeness (QED) is 0.588. The van der Waals surface area contributed by atoms with Gasteiger partial charge < -0.3 is 5.32 Å². The van der Waals surface area contributed by atoms with Crippen molar-refractivity contribution >= 4 is 61.4 Å². The van der Waals surface area contributed by atoms with Crippen LogP contribution < -0.4 is 5.32 Å². The smallest absolute Gasteiger partial charge is 0.103 e. The monoisotopic (exact) mass is 391 g/mol. The molecule has 0 radical (unpaired) electrons. The minimum Gasteiger partial charge on any atom is -0.353 e. The molecule has 3 rings (SSSR count). The van der Waals surface area contributed by atoms with Gasteiger partial charge >= 0.3 is 0 Å². The predicted molar refractivity (Wildman–Crippen MR) is 93.9 cm³/mol. The Morgan fingerprint density at radius 1 is 1.14 bits per heavy atom. The van der Waals surface area contributed by atoms with Crippen molar-refractivity contribution in [1.82, 2.24) is 4.98 Å². The van der Waals surface area contributed by atoms with Gasteiger partial charge in [-0.05, 0) is 36.4 Å². The molecular weight excluding hydrogens is 385 g/mol. The van der Waals surface area contributed by atoms with Crippen LogP contribution in [-0.4, -0.2) is 4.98 Å². The number of nitriles is 1. The maximum absolute atomic E-state index is 9.33. The third kappa shape index (κ3) is 2.89. The van der Waals surface area contributed by atoms with Gasteiger partial charge in [-0.1, -0.05) is 39.1 Å². The first-order valence-corrected chi connectivity index (χ1v) is 7.84. The lowest BCUT2D eigenvalue weighted by molar-refractivity contribution is 1.36. The van der Waals surface area contributed by atoms with Crippen LogP contribution in [0.15, 0.2) is 47.1 Å². The third-order valence-corrected chi connectivity index (χ3v) is 4.18. The van der Waals surface area contributed by atoms with Crippen molar-refractivity contribution in [2.45, 2.75) is 0 Å². The molecule has 0 atom stereocenters. The molecule has 1 N–H and O–H groups in total. The average Bonchev–Trinajstić information content (AvgIpc) is 2.49. The molecule has 0 aliphatic heterocycles. The highest BCUT2D eigenvalue weighted by molar-refractivity contribution is 9.10. The molecule has 0 saturated heterocycles. The summed E-state index contributed by atoms with van der Waals surface area (Å²) in [5.74, 6) is 0. The van der Waals surface area contributed by atoms with Gasteiger partial charge in [0, 0.05) is 21.1 Å². The number of hydrogen-bond acceptors (Lipinski definition) is 3. The number of aromatic nitrogens is 1. The van der Waals surface area contributed by atoms with E-state index < -0.39 is 0 Å². The van der Waals surface area contributed by atoms with Crippen molar-refractivity contribution in [3.8, 4) is 6.07 Å². The zero-order valence-electron chi connectivity index (χ0n) is 11.1. The summed E-state index contributed by atoms with van der Waals surface area (Å²) in [5.41, 5.74) is 2.57. The molecule has 1 heterocycles. The summed E-state index contributed by atoms with van der Waals surface area (Å²) in [6, 6.07) is 13.0. The second-order valence-electron chi connectivity index (χ2n) is 4.57. The fourth-order valence-corrected chi connectivity index (χ4v) is 2.92. The number of rotatable bonds is 2. The zero-order valence-corrected chi connectivity index (χ0v) is 14.2. The fourth-order valence-electron chi connectivity index (χ4n) is 2.11. The minimum atomic E-state index is 0.445. The Kier molecular flexibility index (Phi) is 4.21. The Hall–Kier alpha value is -1.80. The zero-order chi connectivity index (χ0) is 15.7. The van der Waals surface area contributed by atoms with Crippen molar-refractivity contribution in [3.63, 3.8) is 0 Å². The molecule has 0 aliphatic rings. The first-order chi connectivity index (χ1) is 10.6. The standard InChI is InChI=1S/C16H8BrCl2N3/c17-10-1-3-12-15(5-10)21-8-9(7-20)16(12)22-14-4-2-11(18)6-13(14)19/h1-6,8H,(H,21,22). The summed E-state index contributed by atoms with van der Waals surface area (Å²) in [5, 5.41) is 14.4. The number of nitrogens with zero attached hydrogens (tertiary/aromatic N) is 2. The third-order valence-electron chi connectivity index (χ3n) is 3.14. The second-order valence-corrected chi connectivity index (χ2v) is 6.33. The number of nitrogens with one attached hydrogen (secondary N) is 1. The van der Waals surface area contributed by atoms with Crippen LogP contribution in [0.3, 0.4) is 0 Å². The summed E-state index contributed by atoms with van der Waals surface area (Å²) in [4.78, 5) is 4.31. The summed E-state index contributed by atoms with van der Waals surface area (Å²) >= 11 is 15.5. The van der Waals surface area contributed by atoms with E-state index in [-0.39, 0.29) is 0 Å². The maximum Gasteiger partial charge on any atom is 0.103 e. The lowest BCUT2D eigenvalue weighted by atomic mass is 10.1. The molecule has 0 amide bonds. The number of fused-ring (bicyclic) bond motifs is 1. The van der Waals surface area contributed by atoms with E-state index in [9.17, 15) is 5.26 Å². The van der Waals surface area contributed by atoms with Gasteiger partial charge in [0.15, 0.2) is 0 Å². The highest BCUT2D eigenvalue weighted by Gasteiger charge is 2.11. The largest absolute Gasteiger partial charge is 0.353 e. The molecule has 0 aliphatic carbocycles. The molecule has 22 heavy (non-hydrogen) atoms. The predicted octanol–water partition coefficient (Wildman–Crippen LogP) is 5.92. The molecule has 6 heteroatoms. The number of anilines is 2. The molecule has 0 spiro atoms. The van der Waals surface area contributed by atoms with Crippen molar-refractivity contribution in [2.24, 2.45) is 0 Å². The summed E-state index contributed by atoms with van der Waals surface area (Å²) in [6.45, 7) is 0. The Labute approximate surface area is 145 Å². The molecule has 0 bridgehead atoms. The van der Waals surface area contributed by atoms with Gasteiger partial charge in [-0.15, -0.1) is 0 Å². The van der Waals surface area contributed by atoms with Crippen LogP contribution in [0.5, 0.6) is 0 Å². The highest BCUT2D eigenvalue weighted by Crippen LogP contribution is 2.33. The van der Waals surface area contributed by atoms with E-state index in [2.05, 4.69) is 32.3 Å². The number of halogens is 3. The van der Waals surface area contributed by atoms with Crippen LogP contribution in [0.1, 0.15) is 5.56 Å². The summed E-state index contributed by atoms with van der Waals surface area (Å²) < 4.78 is 0.924. The number of benzene rings is 2. The average molecular weight is 393 g/mol. The Morgan fingerprint density at radius 3 is 2.68 bits per heavy atom. The fraction of sp³-hybridized carbons (Fsp3) is 0. The normalized spacial score (nSPS) is 10.5. The Bertz CT molecular complexity index is 919. The van der Waals surface area contributed by atoms with Crippen molar-refractivity contribution < 1.29 is 0 Å². The molecule has 0 fully saturated rings. The van der Waals surface area contributed by atoms with E-state index >= 15 is 0 Å². The van der Waals surface area contributed by atoms with Gasteiger partial charge in [-0.2, -0.15) is 5.26 Å². The topological polar surface area (TPSA) is 48.7 Å². The van der Waals surface area contributed by atoms with Crippen LogP contribution in [0, 0.1) is 11.3 Å². The van der Waals surface area contributed by atoms with Crippen LogP contribution in [0.2, 0.25) is 10.0 Å². The molecular formula is C16H8BrCl2N3. The number of hydrogen-bond donors (Lipinski definition) is 1. The lowest BCUT2D eigenvalue weighted by Crippen LogP contribution is -1.97.